The lowest BCUT2D eigenvalue weighted by molar-refractivity contribution is -0.116. The molecule has 0 bridgehead atoms. The molecule has 2 heterocycles. The molecule has 0 aromatic carbocycles. The number of esters is 2. The highest BCUT2D eigenvalue weighted by Crippen LogP contribution is 2.34. The van der Waals surface area contributed by atoms with E-state index < -0.39 is 36.5 Å². The molecule has 152 valence electrons. The number of ether oxygens (including phenoxy) is 2. The van der Waals surface area contributed by atoms with Crippen LogP contribution in [0.5, 0.6) is 0 Å². The number of amides is 1. The van der Waals surface area contributed by atoms with Crippen LogP contribution in [0.2, 0.25) is 5.02 Å². The van der Waals surface area contributed by atoms with Crippen molar-refractivity contribution in [3.63, 3.8) is 0 Å². The van der Waals surface area contributed by atoms with Crippen LogP contribution in [0.25, 0.3) is 0 Å². The van der Waals surface area contributed by atoms with Crippen LogP contribution in [0.3, 0.4) is 0 Å². The van der Waals surface area contributed by atoms with Crippen molar-refractivity contribution < 1.29 is 32.6 Å². The highest BCUT2D eigenvalue weighted by molar-refractivity contribution is 7.18. The van der Waals surface area contributed by atoms with Crippen molar-refractivity contribution in [2.75, 3.05) is 19.5 Å². The van der Waals surface area contributed by atoms with Gasteiger partial charge in [0, 0.05) is 0 Å². The van der Waals surface area contributed by atoms with E-state index in [0.717, 1.165) is 23.1 Å². The Morgan fingerprint density at radius 3 is 2.32 bits per heavy atom. The third-order valence-corrected chi connectivity index (χ3v) is 5.47. The Kier molecular flexibility index (Phi) is 6.73. The molecule has 0 unspecified atom stereocenters. The molecule has 28 heavy (non-hydrogen) atoms. The van der Waals surface area contributed by atoms with Crippen LogP contribution in [0.15, 0.2) is 0 Å². The van der Waals surface area contributed by atoms with E-state index in [9.17, 15) is 23.2 Å². The Labute approximate surface area is 167 Å². The quantitative estimate of drug-likeness (QED) is 0.698. The summed E-state index contributed by atoms with van der Waals surface area (Å²) in [6.45, 7) is 2.53. The number of aromatic nitrogens is 2. The summed E-state index contributed by atoms with van der Waals surface area (Å²) in [5, 5.41) is 5.96. The molecule has 8 nitrogen and oxygen atoms in total. The number of carbonyl (C=O) groups is 3. The number of nitrogens with zero attached hydrogens (tertiary/aromatic N) is 2. The van der Waals surface area contributed by atoms with Crippen molar-refractivity contribution in [2.24, 2.45) is 0 Å². The molecule has 0 saturated carbocycles. The first-order valence-corrected chi connectivity index (χ1v) is 8.92. The number of anilines is 1. The van der Waals surface area contributed by atoms with E-state index in [4.69, 9.17) is 16.3 Å². The van der Waals surface area contributed by atoms with Gasteiger partial charge in [-0.1, -0.05) is 11.6 Å². The van der Waals surface area contributed by atoms with Crippen molar-refractivity contribution in [1.29, 1.82) is 0 Å². The average molecular weight is 436 g/mol. The van der Waals surface area contributed by atoms with Crippen molar-refractivity contribution in [3.8, 4) is 0 Å². The number of carbonyl (C=O) groups excluding carboxylic acids is 3. The molecule has 0 fully saturated rings. The molecular formula is C16H16ClF2N3O5S. The van der Waals surface area contributed by atoms with Gasteiger partial charge in [0.15, 0.2) is 0 Å². The van der Waals surface area contributed by atoms with E-state index in [-0.39, 0.29) is 31.7 Å². The Morgan fingerprint density at radius 2 is 1.82 bits per heavy atom. The lowest BCUT2D eigenvalue weighted by Gasteiger charge is -2.07. The number of rotatable bonds is 6. The van der Waals surface area contributed by atoms with Crippen LogP contribution in [0.4, 0.5) is 13.8 Å². The molecular weight excluding hydrogens is 420 g/mol. The van der Waals surface area contributed by atoms with Gasteiger partial charge in [-0.2, -0.15) is 5.10 Å². The van der Waals surface area contributed by atoms with Crippen LogP contribution in [0.1, 0.15) is 43.4 Å². The smallest absolute Gasteiger partial charge is 0.348 e. The molecule has 0 atom stereocenters. The number of alkyl halides is 2. The van der Waals surface area contributed by atoms with Crippen LogP contribution in [0, 0.1) is 13.8 Å². The Bertz CT molecular complexity index is 941. The second kappa shape index (κ2) is 8.65. The van der Waals surface area contributed by atoms with E-state index in [1.807, 2.05) is 0 Å². The molecule has 2 aromatic rings. The minimum atomic E-state index is -2.89. The zero-order valence-electron chi connectivity index (χ0n) is 15.3. The Balaban J connectivity index is 2.32. The minimum absolute atomic E-state index is 0.00439. The van der Waals surface area contributed by atoms with Gasteiger partial charge in [0.25, 0.3) is 6.43 Å². The van der Waals surface area contributed by atoms with Crippen LogP contribution >= 0.6 is 22.9 Å². The average Bonchev–Trinajstić information content (AvgIpc) is 3.11. The zero-order chi connectivity index (χ0) is 21.2. The number of nitrogens with one attached hydrogen (secondary N) is 1. The number of hydrogen-bond acceptors (Lipinski definition) is 7. The fraction of sp³-hybridized carbons (Fsp3) is 0.375. The predicted octanol–water partition coefficient (Wildman–Crippen LogP) is 3.36. The molecule has 0 spiro atoms. The van der Waals surface area contributed by atoms with Crippen molar-refractivity contribution >= 4 is 45.8 Å². The number of methoxy groups -OCH3 is 2. The SMILES string of the molecule is COC(=O)c1sc(NC(=O)Cn2nc(C(F)F)c(Cl)c2C)c(C(=O)OC)c1C. The minimum Gasteiger partial charge on any atom is -0.465 e. The number of halogens is 3. The molecule has 0 aliphatic carbocycles. The van der Waals surface area contributed by atoms with Crippen LogP contribution in [-0.4, -0.2) is 41.8 Å². The summed E-state index contributed by atoms with van der Waals surface area (Å²) in [5.41, 5.74) is -0.137. The topological polar surface area (TPSA) is 99.5 Å². The van der Waals surface area contributed by atoms with Crippen LogP contribution < -0.4 is 5.32 Å². The fourth-order valence-electron chi connectivity index (χ4n) is 2.38. The Morgan fingerprint density at radius 1 is 1.21 bits per heavy atom. The van der Waals surface area contributed by atoms with E-state index in [0.29, 0.717) is 0 Å². The maximum atomic E-state index is 12.9. The molecule has 1 amide bonds. The van der Waals surface area contributed by atoms with Gasteiger partial charge in [-0.3, -0.25) is 9.48 Å². The summed E-state index contributed by atoms with van der Waals surface area (Å²) in [4.78, 5) is 36.4. The summed E-state index contributed by atoms with van der Waals surface area (Å²) in [6, 6.07) is 0. The van der Waals surface area contributed by atoms with Gasteiger partial charge >= 0.3 is 11.9 Å². The lowest BCUT2D eigenvalue weighted by Crippen LogP contribution is -2.21. The molecule has 0 aliphatic rings. The highest BCUT2D eigenvalue weighted by Gasteiger charge is 2.27. The van der Waals surface area contributed by atoms with Gasteiger partial charge in [-0.05, 0) is 19.4 Å². The fourth-order valence-corrected chi connectivity index (χ4v) is 3.73. The van der Waals surface area contributed by atoms with E-state index in [2.05, 4.69) is 15.2 Å². The molecule has 1 N–H and O–H groups in total. The molecule has 12 heteroatoms. The molecule has 0 radical (unpaired) electrons. The van der Waals surface area contributed by atoms with Crippen molar-refractivity contribution in [1.82, 2.24) is 9.78 Å². The second-order valence-corrected chi connectivity index (χ2v) is 6.93. The molecule has 2 aromatic heterocycles. The first kappa shape index (κ1) is 21.8. The maximum absolute atomic E-state index is 12.9. The third-order valence-electron chi connectivity index (χ3n) is 3.82. The summed E-state index contributed by atoms with van der Waals surface area (Å²) < 4.78 is 36.2. The molecule has 0 saturated heterocycles. The predicted molar refractivity (Wildman–Crippen MR) is 97.3 cm³/mol. The monoisotopic (exact) mass is 435 g/mol. The van der Waals surface area contributed by atoms with Crippen molar-refractivity contribution in [3.05, 3.63) is 32.4 Å². The highest BCUT2D eigenvalue weighted by atomic mass is 35.5. The normalized spacial score (nSPS) is 10.9. The molecule has 2 rings (SSSR count). The van der Waals surface area contributed by atoms with Gasteiger partial charge < -0.3 is 14.8 Å². The third kappa shape index (κ3) is 4.14. The summed E-state index contributed by atoms with van der Waals surface area (Å²) in [7, 11) is 2.34. The molecule has 0 aliphatic heterocycles. The number of thiophene rings is 1. The summed E-state index contributed by atoms with van der Waals surface area (Å²) >= 11 is 6.64. The second-order valence-electron chi connectivity index (χ2n) is 5.53. The zero-order valence-corrected chi connectivity index (χ0v) is 16.8. The van der Waals surface area contributed by atoms with E-state index in [1.54, 1.807) is 0 Å². The van der Waals surface area contributed by atoms with Gasteiger partial charge in [-0.25, -0.2) is 18.4 Å². The first-order chi connectivity index (χ1) is 13.1. The maximum Gasteiger partial charge on any atom is 0.348 e. The van der Waals surface area contributed by atoms with E-state index in [1.165, 1.54) is 21.0 Å². The summed E-state index contributed by atoms with van der Waals surface area (Å²) in [6.07, 6.45) is -2.89. The lowest BCUT2D eigenvalue weighted by atomic mass is 10.1. The van der Waals surface area contributed by atoms with Gasteiger partial charge in [-0.15, -0.1) is 11.3 Å². The number of hydrogen-bond donors (Lipinski definition) is 1. The van der Waals surface area contributed by atoms with E-state index >= 15 is 0 Å². The Hall–Kier alpha value is -2.53. The van der Waals surface area contributed by atoms with Gasteiger partial charge in [0.2, 0.25) is 5.91 Å². The standard InChI is InChI=1S/C16H16ClF2N3O5S/c1-6-9(15(24)26-3)14(28-12(6)16(25)27-4)20-8(23)5-22-7(2)10(17)11(21-22)13(18)19/h13H,5H2,1-4H3,(H,20,23). The largest absolute Gasteiger partial charge is 0.465 e. The first-order valence-electron chi connectivity index (χ1n) is 7.73. The van der Waals surface area contributed by atoms with Crippen molar-refractivity contribution in [2.45, 2.75) is 26.8 Å². The van der Waals surface area contributed by atoms with Gasteiger partial charge in [0.05, 0.1) is 30.5 Å². The summed E-state index contributed by atoms with van der Waals surface area (Å²) in [5.74, 6) is -2.09. The van der Waals surface area contributed by atoms with Crippen LogP contribution in [-0.2, 0) is 20.8 Å². The van der Waals surface area contributed by atoms with Gasteiger partial charge in [0.1, 0.15) is 22.1 Å².